The van der Waals surface area contributed by atoms with E-state index in [4.69, 9.17) is 20.8 Å². The summed E-state index contributed by atoms with van der Waals surface area (Å²) in [6.07, 6.45) is 3.04. The Hall–Kier alpha value is -2.38. The molecule has 0 aliphatic carbocycles. The van der Waals surface area contributed by atoms with Gasteiger partial charge in [0.2, 0.25) is 0 Å². The number of thiophene rings is 2. The molecule has 0 bridgehead atoms. The van der Waals surface area contributed by atoms with Crippen LogP contribution in [0.25, 0.3) is 11.1 Å². The van der Waals surface area contributed by atoms with Crippen molar-refractivity contribution in [1.29, 1.82) is 0 Å². The van der Waals surface area contributed by atoms with Crippen molar-refractivity contribution in [3.8, 4) is 11.1 Å². The van der Waals surface area contributed by atoms with Crippen LogP contribution in [-0.4, -0.2) is 28.3 Å². The quantitative estimate of drug-likeness (QED) is 0.270. The molecule has 1 fully saturated rings. The summed E-state index contributed by atoms with van der Waals surface area (Å²) in [5.41, 5.74) is 12.0. The van der Waals surface area contributed by atoms with Crippen molar-refractivity contribution in [2.24, 2.45) is 0 Å². The third-order valence-corrected chi connectivity index (χ3v) is 7.79. The number of nitrogen functional groups attached to an aromatic ring is 2. The van der Waals surface area contributed by atoms with E-state index in [1.807, 2.05) is 61.3 Å². The first kappa shape index (κ1) is 28.2. The fraction of sp³-hybridized carbons (Fsp3) is 0.250. The second-order valence-corrected chi connectivity index (χ2v) is 11.2. The Morgan fingerprint density at radius 3 is 1.83 bits per heavy atom. The molecule has 12 heteroatoms. The highest BCUT2D eigenvalue weighted by molar-refractivity contribution is 9.10. The van der Waals surface area contributed by atoms with Crippen LogP contribution in [0.2, 0.25) is 0 Å². The Morgan fingerprint density at radius 1 is 0.833 bits per heavy atom. The third-order valence-electron chi connectivity index (χ3n) is 5.63. The molecule has 1 saturated heterocycles. The fourth-order valence-electron chi connectivity index (χ4n) is 2.85. The van der Waals surface area contributed by atoms with Crippen LogP contribution in [0.4, 0.5) is 20.4 Å². The zero-order chi connectivity index (χ0) is 26.5. The van der Waals surface area contributed by atoms with E-state index in [0.717, 1.165) is 11.1 Å². The first-order chi connectivity index (χ1) is 16.9. The molecule has 0 aromatic carbocycles. The van der Waals surface area contributed by atoms with Gasteiger partial charge in [0.05, 0.1) is 11.2 Å². The van der Waals surface area contributed by atoms with Gasteiger partial charge >= 0.3 is 7.12 Å². The van der Waals surface area contributed by atoms with E-state index in [1.54, 1.807) is 28.9 Å². The van der Waals surface area contributed by atoms with Gasteiger partial charge in [-0.25, -0.2) is 18.7 Å². The molecule has 5 rings (SSSR count). The van der Waals surface area contributed by atoms with Gasteiger partial charge in [-0.3, -0.25) is 0 Å². The van der Waals surface area contributed by atoms with Crippen molar-refractivity contribution in [3.05, 3.63) is 74.3 Å². The maximum atomic E-state index is 13.3. The summed E-state index contributed by atoms with van der Waals surface area (Å²) >= 11 is 6.55. The lowest BCUT2D eigenvalue weighted by Crippen LogP contribution is -2.41. The van der Waals surface area contributed by atoms with Gasteiger partial charge in [-0.05, 0) is 89.6 Å². The van der Waals surface area contributed by atoms with Crippen molar-refractivity contribution in [2.75, 3.05) is 11.5 Å². The number of pyridine rings is 2. The number of nitrogens with two attached hydrogens (primary N) is 2. The highest BCUT2D eigenvalue weighted by Gasteiger charge is 2.51. The SMILES string of the molecule is Brc1ccsc1.CC1(C)OB(c2cnc(N)c(F)c2)OC1(C)C.Nc1ncc(-c2ccsc2)cc1F. The van der Waals surface area contributed by atoms with Crippen LogP contribution in [0, 0.1) is 11.6 Å². The zero-order valence-corrected chi connectivity index (χ0v) is 23.4. The second-order valence-electron chi connectivity index (χ2n) is 8.77. The topological polar surface area (TPSA) is 96.3 Å². The minimum Gasteiger partial charge on any atom is -0.399 e. The smallest absolute Gasteiger partial charge is 0.399 e. The molecule has 6 nitrogen and oxygen atoms in total. The van der Waals surface area contributed by atoms with Gasteiger partial charge in [0.1, 0.15) is 0 Å². The molecule has 0 atom stereocenters. The number of aromatic nitrogens is 2. The Labute approximate surface area is 226 Å². The van der Waals surface area contributed by atoms with Crippen LogP contribution < -0.4 is 16.9 Å². The number of rotatable bonds is 2. The standard InChI is InChI=1S/C11H16BFN2O2.C9H7FN2S.C4H3BrS/c1-10(2)11(3,4)17-12(16-10)7-5-8(13)9(14)15-6-7;10-8-3-7(4-12-9(8)11)6-1-2-13-5-6;5-4-1-2-6-3-4/h5-6H,1-4H3,(H2,14,15);1-5H,(H2,11,12);1-3H. The van der Waals surface area contributed by atoms with E-state index in [0.29, 0.717) is 5.46 Å². The van der Waals surface area contributed by atoms with Crippen molar-refractivity contribution in [3.63, 3.8) is 0 Å². The molecule has 0 spiro atoms. The molecule has 190 valence electrons. The van der Waals surface area contributed by atoms with Gasteiger partial charge in [-0.15, -0.1) is 0 Å². The fourth-order valence-corrected chi connectivity index (χ4v) is 4.66. The summed E-state index contributed by atoms with van der Waals surface area (Å²) in [6.45, 7) is 7.75. The molecule has 4 N–H and O–H groups in total. The molecule has 5 heterocycles. The Bertz CT molecular complexity index is 1260. The number of halogens is 3. The highest BCUT2D eigenvalue weighted by atomic mass is 79.9. The van der Waals surface area contributed by atoms with Crippen LogP contribution in [0.5, 0.6) is 0 Å². The number of anilines is 2. The van der Waals surface area contributed by atoms with Gasteiger partial charge < -0.3 is 20.8 Å². The normalized spacial score (nSPS) is 15.5. The highest BCUT2D eigenvalue weighted by Crippen LogP contribution is 2.36. The lowest BCUT2D eigenvalue weighted by Gasteiger charge is -2.32. The van der Waals surface area contributed by atoms with Gasteiger partial charge in [0.25, 0.3) is 0 Å². The van der Waals surface area contributed by atoms with Crippen LogP contribution in [0.1, 0.15) is 27.7 Å². The molecule has 36 heavy (non-hydrogen) atoms. The van der Waals surface area contributed by atoms with Crippen molar-refractivity contribution < 1.29 is 18.1 Å². The van der Waals surface area contributed by atoms with Gasteiger partial charge in [0, 0.05) is 33.3 Å². The second kappa shape index (κ2) is 11.8. The average molecular weight is 595 g/mol. The lowest BCUT2D eigenvalue weighted by atomic mass is 9.80. The van der Waals surface area contributed by atoms with Crippen molar-refractivity contribution in [2.45, 2.75) is 38.9 Å². The number of hydrogen-bond acceptors (Lipinski definition) is 8. The van der Waals surface area contributed by atoms with Crippen LogP contribution in [0.3, 0.4) is 0 Å². The van der Waals surface area contributed by atoms with E-state index in [1.165, 1.54) is 22.8 Å². The van der Waals surface area contributed by atoms with Crippen LogP contribution in [0.15, 0.2) is 62.7 Å². The molecule has 1 aliphatic heterocycles. The number of nitrogens with zero attached hydrogens (tertiary/aromatic N) is 2. The third kappa shape index (κ3) is 7.10. The molecule has 4 aromatic heterocycles. The Morgan fingerprint density at radius 2 is 1.39 bits per heavy atom. The molecule has 0 unspecified atom stereocenters. The zero-order valence-electron chi connectivity index (χ0n) is 20.2. The molecule has 1 aliphatic rings. The van der Waals surface area contributed by atoms with Gasteiger partial charge in [-0.1, -0.05) is 0 Å². The Balaban J connectivity index is 0.000000167. The van der Waals surface area contributed by atoms with E-state index >= 15 is 0 Å². The predicted octanol–water partition coefficient (Wildman–Crippen LogP) is 6.14. The monoisotopic (exact) mass is 594 g/mol. The minimum atomic E-state index is -0.609. The van der Waals surface area contributed by atoms with Gasteiger partial charge in [0.15, 0.2) is 23.3 Å². The summed E-state index contributed by atoms with van der Waals surface area (Å²) in [6, 6.07) is 6.62. The Kier molecular flexibility index (Phi) is 9.23. The van der Waals surface area contributed by atoms with Crippen LogP contribution in [-0.2, 0) is 9.31 Å². The molecule has 0 radical (unpaired) electrons. The first-order valence-electron chi connectivity index (χ1n) is 10.8. The molecule has 0 saturated carbocycles. The average Bonchev–Trinajstić information content (AvgIpc) is 3.55. The maximum absolute atomic E-state index is 13.3. The molecular weight excluding hydrogens is 569 g/mol. The maximum Gasteiger partial charge on any atom is 0.496 e. The van der Waals surface area contributed by atoms with Crippen LogP contribution >= 0.6 is 38.6 Å². The molecule has 4 aromatic rings. The predicted molar refractivity (Wildman–Crippen MR) is 148 cm³/mol. The summed E-state index contributed by atoms with van der Waals surface area (Å²) in [7, 11) is -0.609. The molecular formula is C24H26BBrF2N4O2S2. The van der Waals surface area contributed by atoms with E-state index in [2.05, 4.69) is 25.9 Å². The van der Waals surface area contributed by atoms with E-state index in [9.17, 15) is 8.78 Å². The summed E-state index contributed by atoms with van der Waals surface area (Å²) < 4.78 is 39.0. The summed E-state index contributed by atoms with van der Waals surface area (Å²) in [5.74, 6) is -1.20. The van der Waals surface area contributed by atoms with Crippen molar-refractivity contribution >= 4 is 62.8 Å². The largest absolute Gasteiger partial charge is 0.496 e. The summed E-state index contributed by atoms with van der Waals surface area (Å²) in [4.78, 5) is 7.50. The first-order valence-corrected chi connectivity index (χ1v) is 13.5. The number of hydrogen-bond donors (Lipinski definition) is 2. The minimum absolute atomic E-state index is 0.0565. The van der Waals surface area contributed by atoms with E-state index in [-0.39, 0.29) is 11.6 Å². The van der Waals surface area contributed by atoms with Crippen molar-refractivity contribution in [1.82, 2.24) is 9.97 Å². The summed E-state index contributed by atoms with van der Waals surface area (Å²) in [5, 5.41) is 7.94. The molecule has 0 amide bonds. The van der Waals surface area contributed by atoms with E-state index < -0.39 is 30.0 Å². The lowest BCUT2D eigenvalue weighted by molar-refractivity contribution is 0.00578. The van der Waals surface area contributed by atoms with Gasteiger partial charge in [-0.2, -0.15) is 22.7 Å².